The molecule has 1 aromatic carbocycles. The lowest BCUT2D eigenvalue weighted by Gasteiger charge is -2.27. The molecule has 134 valence electrons. The van der Waals surface area contributed by atoms with Crippen molar-refractivity contribution in [2.45, 2.75) is 32.3 Å². The number of aliphatic imine (C=N–C) groups is 1. The highest BCUT2D eigenvalue weighted by atomic mass is 16.6. The number of hydrogen-bond donors (Lipinski definition) is 2. The van der Waals surface area contributed by atoms with Gasteiger partial charge in [-0.1, -0.05) is 25.5 Å². The summed E-state index contributed by atoms with van der Waals surface area (Å²) in [6, 6.07) is 7.73. The zero-order chi connectivity index (χ0) is 17.0. The van der Waals surface area contributed by atoms with Crippen molar-refractivity contribution in [3.63, 3.8) is 0 Å². The van der Waals surface area contributed by atoms with Gasteiger partial charge in [-0.2, -0.15) is 0 Å². The molecule has 0 spiro atoms. The molecule has 0 saturated carbocycles. The molecule has 0 aliphatic carbocycles. The Morgan fingerprint density at radius 1 is 1.21 bits per heavy atom. The zero-order valence-electron chi connectivity index (χ0n) is 14.7. The van der Waals surface area contributed by atoms with E-state index in [0.717, 1.165) is 50.1 Å². The van der Waals surface area contributed by atoms with Crippen LogP contribution in [0.3, 0.4) is 0 Å². The van der Waals surface area contributed by atoms with Crippen LogP contribution in [0.2, 0.25) is 0 Å². The van der Waals surface area contributed by atoms with Crippen molar-refractivity contribution in [3.05, 3.63) is 24.3 Å². The number of guanidine groups is 1. The standard InChI is InChI=1S/C18H29N3O3/c1-3-4-11-22-12-7-10-20-18(19-2)21-13-15-14-23-16-8-5-6-9-17(16)24-15/h5-6,8-9,15H,3-4,7,10-14H2,1-2H3,(H2,19,20,21). The van der Waals surface area contributed by atoms with E-state index < -0.39 is 0 Å². The van der Waals surface area contributed by atoms with E-state index in [1.165, 1.54) is 6.42 Å². The highest BCUT2D eigenvalue weighted by molar-refractivity contribution is 5.79. The molecule has 6 heteroatoms. The number of nitrogens with zero attached hydrogens (tertiary/aromatic N) is 1. The van der Waals surface area contributed by atoms with Crippen molar-refractivity contribution in [3.8, 4) is 11.5 Å². The van der Waals surface area contributed by atoms with E-state index in [1.807, 2.05) is 24.3 Å². The number of nitrogens with one attached hydrogen (secondary N) is 2. The Bertz CT molecular complexity index is 508. The van der Waals surface area contributed by atoms with Crippen LogP contribution in [0.5, 0.6) is 11.5 Å². The van der Waals surface area contributed by atoms with E-state index in [4.69, 9.17) is 14.2 Å². The van der Waals surface area contributed by atoms with Crippen molar-refractivity contribution in [1.82, 2.24) is 10.6 Å². The predicted molar refractivity (Wildman–Crippen MR) is 96.1 cm³/mol. The number of ether oxygens (including phenoxy) is 3. The first-order valence-electron chi connectivity index (χ1n) is 8.74. The van der Waals surface area contributed by atoms with Crippen molar-refractivity contribution in [2.75, 3.05) is 40.0 Å². The molecular weight excluding hydrogens is 306 g/mol. The second kappa shape index (κ2) is 10.8. The number of para-hydroxylation sites is 2. The van der Waals surface area contributed by atoms with Crippen LogP contribution >= 0.6 is 0 Å². The van der Waals surface area contributed by atoms with Crippen LogP contribution in [0.15, 0.2) is 29.3 Å². The van der Waals surface area contributed by atoms with E-state index in [-0.39, 0.29) is 6.10 Å². The normalized spacial score (nSPS) is 16.8. The summed E-state index contributed by atoms with van der Waals surface area (Å²) in [6.45, 7) is 5.80. The van der Waals surface area contributed by atoms with Crippen molar-refractivity contribution in [1.29, 1.82) is 0 Å². The van der Waals surface area contributed by atoms with Crippen LogP contribution in [0.4, 0.5) is 0 Å². The molecule has 1 atom stereocenters. The van der Waals surface area contributed by atoms with Crippen LogP contribution in [0.25, 0.3) is 0 Å². The highest BCUT2D eigenvalue weighted by Gasteiger charge is 2.20. The minimum absolute atomic E-state index is 0.0316. The van der Waals surface area contributed by atoms with Crippen molar-refractivity contribution < 1.29 is 14.2 Å². The number of unbranched alkanes of at least 4 members (excludes halogenated alkanes) is 1. The summed E-state index contributed by atoms with van der Waals surface area (Å²) in [5, 5.41) is 6.56. The molecule has 0 saturated heterocycles. The van der Waals surface area contributed by atoms with Crippen LogP contribution < -0.4 is 20.1 Å². The summed E-state index contributed by atoms with van der Waals surface area (Å²) in [7, 11) is 1.76. The SMILES string of the molecule is CCCCOCCCNC(=NC)NCC1COc2ccccc2O1. The Hall–Kier alpha value is -1.95. The zero-order valence-corrected chi connectivity index (χ0v) is 14.7. The van der Waals surface area contributed by atoms with E-state index in [0.29, 0.717) is 13.2 Å². The van der Waals surface area contributed by atoms with Gasteiger partial charge in [-0.3, -0.25) is 4.99 Å². The van der Waals surface area contributed by atoms with Gasteiger partial charge in [0.05, 0.1) is 6.54 Å². The van der Waals surface area contributed by atoms with E-state index in [1.54, 1.807) is 7.05 Å². The van der Waals surface area contributed by atoms with Gasteiger partial charge >= 0.3 is 0 Å². The Kier molecular flexibility index (Phi) is 8.24. The van der Waals surface area contributed by atoms with Gasteiger partial charge in [0.15, 0.2) is 17.5 Å². The molecule has 0 radical (unpaired) electrons. The Morgan fingerprint density at radius 2 is 2.00 bits per heavy atom. The maximum Gasteiger partial charge on any atom is 0.191 e. The third-order valence-corrected chi connectivity index (χ3v) is 3.69. The average molecular weight is 335 g/mol. The van der Waals surface area contributed by atoms with Gasteiger partial charge in [-0.05, 0) is 25.0 Å². The van der Waals surface area contributed by atoms with Gasteiger partial charge < -0.3 is 24.8 Å². The highest BCUT2D eigenvalue weighted by Crippen LogP contribution is 2.30. The molecule has 6 nitrogen and oxygen atoms in total. The first-order chi connectivity index (χ1) is 11.8. The Morgan fingerprint density at radius 3 is 2.79 bits per heavy atom. The quantitative estimate of drug-likeness (QED) is 0.411. The first kappa shape index (κ1) is 18.4. The molecule has 0 aromatic heterocycles. The van der Waals surface area contributed by atoms with Gasteiger partial charge in [0.1, 0.15) is 12.7 Å². The molecule has 0 bridgehead atoms. The number of benzene rings is 1. The largest absolute Gasteiger partial charge is 0.486 e. The summed E-state index contributed by atoms with van der Waals surface area (Å²) >= 11 is 0. The number of fused-ring (bicyclic) bond motifs is 1. The number of rotatable bonds is 9. The lowest BCUT2D eigenvalue weighted by atomic mass is 10.2. The second-order valence-electron chi connectivity index (χ2n) is 5.70. The minimum atomic E-state index is -0.0316. The summed E-state index contributed by atoms with van der Waals surface area (Å²) in [5.74, 6) is 2.37. The first-order valence-corrected chi connectivity index (χ1v) is 8.74. The number of hydrogen-bond acceptors (Lipinski definition) is 4. The summed E-state index contributed by atoms with van der Waals surface area (Å²) in [6.07, 6.45) is 3.23. The monoisotopic (exact) mass is 335 g/mol. The smallest absolute Gasteiger partial charge is 0.191 e. The molecule has 1 aliphatic rings. The lowest BCUT2D eigenvalue weighted by Crippen LogP contribution is -2.45. The molecule has 2 rings (SSSR count). The topological polar surface area (TPSA) is 64.1 Å². The third-order valence-electron chi connectivity index (χ3n) is 3.69. The fraction of sp³-hybridized carbons (Fsp3) is 0.611. The van der Waals surface area contributed by atoms with Crippen LogP contribution in [0, 0.1) is 0 Å². The summed E-state index contributed by atoms with van der Waals surface area (Å²) in [5.41, 5.74) is 0. The van der Waals surface area contributed by atoms with Gasteiger partial charge in [-0.25, -0.2) is 0 Å². The predicted octanol–water partition coefficient (Wildman–Crippen LogP) is 2.20. The molecule has 1 aromatic rings. The minimum Gasteiger partial charge on any atom is -0.486 e. The van der Waals surface area contributed by atoms with Gasteiger partial charge in [-0.15, -0.1) is 0 Å². The van der Waals surface area contributed by atoms with E-state index in [2.05, 4.69) is 22.5 Å². The van der Waals surface area contributed by atoms with Crippen molar-refractivity contribution in [2.24, 2.45) is 4.99 Å². The van der Waals surface area contributed by atoms with Gasteiger partial charge in [0, 0.05) is 26.8 Å². The maximum atomic E-state index is 5.92. The van der Waals surface area contributed by atoms with E-state index in [9.17, 15) is 0 Å². The fourth-order valence-corrected chi connectivity index (χ4v) is 2.32. The van der Waals surface area contributed by atoms with E-state index >= 15 is 0 Å². The molecular formula is C18H29N3O3. The van der Waals surface area contributed by atoms with Crippen LogP contribution in [0.1, 0.15) is 26.2 Å². The van der Waals surface area contributed by atoms with Crippen molar-refractivity contribution >= 4 is 5.96 Å². The summed E-state index contributed by atoms with van der Waals surface area (Å²) < 4.78 is 17.2. The third kappa shape index (κ3) is 6.28. The van der Waals surface area contributed by atoms with Crippen LogP contribution in [-0.4, -0.2) is 52.0 Å². The molecule has 0 fully saturated rings. The molecule has 1 heterocycles. The molecule has 0 amide bonds. The molecule has 2 N–H and O–H groups in total. The molecule has 1 aliphatic heterocycles. The van der Waals surface area contributed by atoms with Crippen LogP contribution in [-0.2, 0) is 4.74 Å². The van der Waals surface area contributed by atoms with Gasteiger partial charge in [0.25, 0.3) is 0 Å². The lowest BCUT2D eigenvalue weighted by molar-refractivity contribution is 0.0936. The Labute approximate surface area is 144 Å². The average Bonchev–Trinajstić information content (AvgIpc) is 2.63. The maximum absolute atomic E-state index is 5.92. The fourth-order valence-electron chi connectivity index (χ4n) is 2.32. The van der Waals surface area contributed by atoms with Gasteiger partial charge in [0.2, 0.25) is 0 Å². The summed E-state index contributed by atoms with van der Waals surface area (Å²) in [4.78, 5) is 4.22. The molecule has 24 heavy (non-hydrogen) atoms. The molecule has 1 unspecified atom stereocenters. The second-order valence-corrected chi connectivity index (χ2v) is 5.70. The Balaban J connectivity index is 1.60.